The smallest absolute Gasteiger partial charge is 0.328 e. The second kappa shape index (κ2) is 12.9. The van der Waals surface area contributed by atoms with Gasteiger partial charge in [-0.2, -0.15) is 0 Å². The maximum atomic E-state index is 13.2. The van der Waals surface area contributed by atoms with Gasteiger partial charge in [-0.1, -0.05) is 0 Å². The van der Waals surface area contributed by atoms with Gasteiger partial charge >= 0.3 is 5.97 Å². The molecule has 1 fully saturated rings. The Morgan fingerprint density at radius 3 is 2.27 bits per heavy atom. The lowest BCUT2D eigenvalue weighted by Gasteiger charge is -2.30. The standard InChI is InChI=1S/C19H35N7O7/c1-9(27)13(20)16(30)24-11(5-3-7-23-19(21)22)17(31)26-8-4-6-12(26)15(29)25-14(10(2)28)18(32)33/h9-14,27-28H,3-8,20H2,1-2H3,(H,24,30)(H,25,29)(H,32,33)(H4,21,22,23). The average Bonchev–Trinajstić information content (AvgIpc) is 3.21. The number of aliphatic hydroxyl groups is 2. The molecule has 33 heavy (non-hydrogen) atoms. The molecule has 14 heteroatoms. The molecule has 0 aliphatic carbocycles. The second-order valence-corrected chi connectivity index (χ2v) is 8.03. The van der Waals surface area contributed by atoms with Crippen LogP contribution in [0.1, 0.15) is 39.5 Å². The van der Waals surface area contributed by atoms with Gasteiger partial charge in [0, 0.05) is 13.1 Å². The minimum absolute atomic E-state index is 0.125. The van der Waals surface area contributed by atoms with Gasteiger partial charge in [0.05, 0.1) is 12.2 Å². The van der Waals surface area contributed by atoms with Crippen molar-refractivity contribution >= 4 is 29.7 Å². The van der Waals surface area contributed by atoms with Crippen molar-refractivity contribution in [1.29, 1.82) is 0 Å². The summed E-state index contributed by atoms with van der Waals surface area (Å²) in [5.74, 6) is -3.56. The van der Waals surface area contributed by atoms with Gasteiger partial charge in [0.2, 0.25) is 17.7 Å². The van der Waals surface area contributed by atoms with Gasteiger partial charge in [-0.25, -0.2) is 4.79 Å². The second-order valence-electron chi connectivity index (χ2n) is 8.03. The van der Waals surface area contributed by atoms with Gasteiger partial charge < -0.3 is 48.1 Å². The Bertz CT molecular complexity index is 740. The number of likely N-dealkylation sites (tertiary alicyclic amines) is 1. The van der Waals surface area contributed by atoms with Gasteiger partial charge in [-0.3, -0.25) is 19.4 Å². The summed E-state index contributed by atoms with van der Waals surface area (Å²) in [4.78, 5) is 54.7. The molecule has 0 saturated carbocycles. The Labute approximate surface area is 191 Å². The molecule has 188 valence electrons. The Kier molecular flexibility index (Phi) is 11.0. The van der Waals surface area contributed by atoms with E-state index >= 15 is 0 Å². The van der Waals surface area contributed by atoms with E-state index in [0.29, 0.717) is 12.8 Å². The van der Waals surface area contributed by atoms with E-state index in [1.807, 2.05) is 0 Å². The van der Waals surface area contributed by atoms with Crippen LogP contribution < -0.4 is 27.8 Å². The van der Waals surface area contributed by atoms with E-state index in [4.69, 9.17) is 17.2 Å². The first kappa shape index (κ1) is 28.1. The summed E-state index contributed by atoms with van der Waals surface area (Å²) in [5.41, 5.74) is 16.2. The zero-order valence-electron chi connectivity index (χ0n) is 18.8. The molecule has 14 nitrogen and oxygen atoms in total. The first-order valence-corrected chi connectivity index (χ1v) is 10.7. The van der Waals surface area contributed by atoms with Crippen LogP contribution in [0.3, 0.4) is 0 Å². The summed E-state index contributed by atoms with van der Waals surface area (Å²) in [6, 6.07) is -4.84. The Hall–Kier alpha value is -2.97. The molecule has 1 heterocycles. The number of nitrogens with two attached hydrogens (primary N) is 3. The van der Waals surface area contributed by atoms with Crippen LogP contribution in [0.5, 0.6) is 0 Å². The van der Waals surface area contributed by atoms with E-state index in [9.17, 15) is 34.5 Å². The maximum Gasteiger partial charge on any atom is 0.328 e. The molecule has 6 unspecified atom stereocenters. The third kappa shape index (κ3) is 8.47. The van der Waals surface area contributed by atoms with Crippen LogP contribution in [0.25, 0.3) is 0 Å². The highest BCUT2D eigenvalue weighted by atomic mass is 16.4. The summed E-state index contributed by atoms with van der Waals surface area (Å²) < 4.78 is 0. The fraction of sp³-hybridized carbons (Fsp3) is 0.737. The summed E-state index contributed by atoms with van der Waals surface area (Å²) in [7, 11) is 0. The first-order chi connectivity index (χ1) is 15.4. The molecule has 11 N–H and O–H groups in total. The highest BCUT2D eigenvalue weighted by molar-refractivity contribution is 5.94. The van der Waals surface area contributed by atoms with Crippen molar-refractivity contribution in [3.05, 3.63) is 0 Å². The predicted molar refractivity (Wildman–Crippen MR) is 117 cm³/mol. The predicted octanol–water partition coefficient (Wildman–Crippen LogP) is -3.83. The van der Waals surface area contributed by atoms with Crippen LogP contribution >= 0.6 is 0 Å². The number of guanidine groups is 1. The number of carbonyl (C=O) groups is 4. The molecule has 0 aromatic carbocycles. The molecule has 1 saturated heterocycles. The number of hydrogen-bond donors (Lipinski definition) is 8. The van der Waals surface area contributed by atoms with Crippen molar-refractivity contribution in [3.63, 3.8) is 0 Å². The third-order valence-electron chi connectivity index (χ3n) is 5.27. The monoisotopic (exact) mass is 473 g/mol. The van der Waals surface area contributed by atoms with Crippen molar-refractivity contribution in [2.24, 2.45) is 22.2 Å². The maximum absolute atomic E-state index is 13.2. The fourth-order valence-corrected chi connectivity index (χ4v) is 3.39. The minimum atomic E-state index is -1.53. The SMILES string of the molecule is CC(O)C(N)C(=O)NC(CCCN=C(N)N)C(=O)N1CCCC1C(=O)NC(C(=O)O)C(C)O. The van der Waals surface area contributed by atoms with Crippen LogP contribution in [0.15, 0.2) is 4.99 Å². The number of carbonyl (C=O) groups excluding carboxylic acids is 3. The Morgan fingerprint density at radius 1 is 1.12 bits per heavy atom. The van der Waals surface area contributed by atoms with Crippen LogP contribution in [-0.2, 0) is 19.2 Å². The normalized spacial score (nSPS) is 20.2. The number of aliphatic imine (C=N–C) groups is 1. The number of aliphatic carboxylic acids is 1. The number of carboxylic acids is 1. The van der Waals surface area contributed by atoms with E-state index < -0.39 is 60.1 Å². The number of nitrogens with zero attached hydrogens (tertiary/aromatic N) is 2. The van der Waals surface area contributed by atoms with Crippen LogP contribution in [0, 0.1) is 0 Å². The van der Waals surface area contributed by atoms with Gasteiger partial charge in [-0.15, -0.1) is 0 Å². The zero-order chi connectivity index (χ0) is 25.3. The number of nitrogens with one attached hydrogen (secondary N) is 2. The van der Waals surface area contributed by atoms with Crippen LogP contribution in [-0.4, -0.2) is 99.3 Å². The lowest BCUT2D eigenvalue weighted by Crippen LogP contribution is -2.58. The first-order valence-electron chi connectivity index (χ1n) is 10.7. The van der Waals surface area contributed by atoms with Gasteiger partial charge in [0.1, 0.15) is 18.1 Å². The van der Waals surface area contributed by atoms with E-state index in [0.717, 1.165) is 0 Å². The molecule has 1 aliphatic heterocycles. The van der Waals surface area contributed by atoms with Crippen molar-refractivity contribution in [1.82, 2.24) is 15.5 Å². The lowest BCUT2D eigenvalue weighted by atomic mass is 10.1. The molecule has 0 aromatic rings. The van der Waals surface area contributed by atoms with E-state index in [2.05, 4.69) is 15.6 Å². The summed E-state index contributed by atoms with van der Waals surface area (Å²) in [5, 5.41) is 33.1. The number of amides is 3. The van der Waals surface area contributed by atoms with Crippen molar-refractivity contribution in [2.75, 3.05) is 13.1 Å². The molecule has 0 spiro atoms. The fourth-order valence-electron chi connectivity index (χ4n) is 3.39. The zero-order valence-corrected chi connectivity index (χ0v) is 18.8. The minimum Gasteiger partial charge on any atom is -0.480 e. The quantitative estimate of drug-likeness (QED) is 0.0779. The highest BCUT2D eigenvalue weighted by Crippen LogP contribution is 2.20. The van der Waals surface area contributed by atoms with Crippen LogP contribution in [0.4, 0.5) is 0 Å². The van der Waals surface area contributed by atoms with Crippen molar-refractivity contribution < 1.29 is 34.5 Å². The molecule has 6 atom stereocenters. The largest absolute Gasteiger partial charge is 0.480 e. The van der Waals surface area contributed by atoms with Crippen molar-refractivity contribution in [3.8, 4) is 0 Å². The molecular weight excluding hydrogens is 438 g/mol. The van der Waals surface area contributed by atoms with E-state index in [1.54, 1.807) is 0 Å². The van der Waals surface area contributed by atoms with Gasteiger partial charge in [0.15, 0.2) is 12.0 Å². The third-order valence-corrected chi connectivity index (χ3v) is 5.27. The number of rotatable bonds is 12. The Morgan fingerprint density at radius 2 is 1.76 bits per heavy atom. The van der Waals surface area contributed by atoms with Gasteiger partial charge in [0.25, 0.3) is 0 Å². The summed E-state index contributed by atoms with van der Waals surface area (Å²) >= 11 is 0. The Balaban J connectivity index is 2.99. The highest BCUT2D eigenvalue weighted by Gasteiger charge is 2.39. The molecule has 3 amide bonds. The van der Waals surface area contributed by atoms with E-state index in [-0.39, 0.29) is 31.9 Å². The van der Waals surface area contributed by atoms with Gasteiger partial charge in [-0.05, 0) is 39.5 Å². The number of carboxylic acid groups (broad SMARTS) is 1. The summed E-state index contributed by atoms with van der Waals surface area (Å²) in [6.07, 6.45) is -1.28. The molecular formula is C19H35N7O7. The molecule has 1 rings (SSSR count). The topological polar surface area (TPSA) is 247 Å². The molecule has 0 aromatic heterocycles. The van der Waals surface area contributed by atoms with Crippen LogP contribution in [0.2, 0.25) is 0 Å². The average molecular weight is 474 g/mol. The molecule has 0 bridgehead atoms. The summed E-state index contributed by atoms with van der Waals surface area (Å²) in [6.45, 7) is 2.97. The molecule has 0 radical (unpaired) electrons. The molecule has 1 aliphatic rings. The lowest BCUT2D eigenvalue weighted by molar-refractivity contribution is -0.147. The van der Waals surface area contributed by atoms with E-state index in [1.165, 1.54) is 18.7 Å². The number of hydrogen-bond acceptors (Lipinski definition) is 8. The van der Waals surface area contributed by atoms with Crippen molar-refractivity contribution in [2.45, 2.75) is 75.9 Å². The number of aliphatic hydroxyl groups excluding tert-OH is 2.